The second-order valence-corrected chi connectivity index (χ2v) is 5.29. The molecule has 0 amide bonds. The number of hydrogen-bond donors (Lipinski definition) is 1. The fourth-order valence-corrected chi connectivity index (χ4v) is 2.84. The largest absolute Gasteiger partial charge is 0.390 e. The van der Waals surface area contributed by atoms with Crippen LogP contribution in [0.4, 0.5) is 0 Å². The molecule has 1 fully saturated rings. The summed E-state index contributed by atoms with van der Waals surface area (Å²) in [5.41, 5.74) is 0. The van der Waals surface area contributed by atoms with E-state index in [-0.39, 0.29) is 0 Å². The van der Waals surface area contributed by atoms with E-state index < -0.39 is 6.10 Å². The fourth-order valence-electron chi connectivity index (χ4n) is 2.84. The van der Waals surface area contributed by atoms with Gasteiger partial charge in [-0.15, -0.1) is 0 Å². The van der Waals surface area contributed by atoms with Crippen LogP contribution in [0.1, 0.15) is 12.8 Å². The molecule has 0 aromatic carbocycles. The van der Waals surface area contributed by atoms with Gasteiger partial charge in [-0.3, -0.25) is 14.3 Å². The first-order valence-electron chi connectivity index (χ1n) is 7.03. The summed E-state index contributed by atoms with van der Waals surface area (Å²) in [4.78, 5) is 6.32. The standard InChI is InChI=1S/C13H20N6O/c20-13(9-18-6-2-4-15-18)8-17-5-1-3-12(17)7-19-11-14-10-16-19/h2,4,6,10-13,20H,1,3,5,7-9H2. The molecule has 1 aliphatic rings. The van der Waals surface area contributed by atoms with Gasteiger partial charge in [0.25, 0.3) is 0 Å². The second kappa shape index (κ2) is 6.15. The average molecular weight is 276 g/mol. The first kappa shape index (κ1) is 13.3. The van der Waals surface area contributed by atoms with E-state index in [1.165, 1.54) is 6.42 Å². The van der Waals surface area contributed by atoms with Crippen LogP contribution in [-0.4, -0.2) is 59.8 Å². The number of likely N-dealkylation sites (tertiary alicyclic amines) is 1. The van der Waals surface area contributed by atoms with Crippen LogP contribution < -0.4 is 0 Å². The summed E-state index contributed by atoms with van der Waals surface area (Å²) in [6.07, 6.45) is 8.84. The molecule has 0 radical (unpaired) electrons. The summed E-state index contributed by atoms with van der Waals surface area (Å²) in [6.45, 7) is 3.10. The molecule has 7 nitrogen and oxygen atoms in total. The molecule has 2 unspecified atom stereocenters. The fraction of sp³-hybridized carbons (Fsp3) is 0.615. The van der Waals surface area contributed by atoms with E-state index in [2.05, 4.69) is 20.1 Å². The molecule has 0 bridgehead atoms. The van der Waals surface area contributed by atoms with E-state index in [0.29, 0.717) is 19.1 Å². The maximum Gasteiger partial charge on any atom is 0.137 e. The third kappa shape index (κ3) is 3.23. The highest BCUT2D eigenvalue weighted by atomic mass is 16.3. The summed E-state index contributed by atoms with van der Waals surface area (Å²) < 4.78 is 3.63. The lowest BCUT2D eigenvalue weighted by Gasteiger charge is -2.26. The maximum atomic E-state index is 10.2. The van der Waals surface area contributed by atoms with Crippen molar-refractivity contribution in [2.75, 3.05) is 13.1 Å². The van der Waals surface area contributed by atoms with Crippen LogP contribution in [-0.2, 0) is 13.1 Å². The third-order valence-corrected chi connectivity index (χ3v) is 3.77. The van der Waals surface area contributed by atoms with E-state index >= 15 is 0 Å². The van der Waals surface area contributed by atoms with Crippen LogP contribution >= 0.6 is 0 Å². The molecule has 0 spiro atoms. The zero-order valence-corrected chi connectivity index (χ0v) is 11.4. The van der Waals surface area contributed by atoms with E-state index in [1.807, 2.05) is 16.9 Å². The summed E-state index contributed by atoms with van der Waals surface area (Å²) in [6, 6.07) is 2.31. The molecule has 1 saturated heterocycles. The van der Waals surface area contributed by atoms with Gasteiger partial charge in [0.1, 0.15) is 12.7 Å². The molecule has 2 atom stereocenters. The minimum Gasteiger partial charge on any atom is -0.390 e. The van der Waals surface area contributed by atoms with Crippen molar-refractivity contribution in [3.63, 3.8) is 0 Å². The molecule has 0 aliphatic carbocycles. The van der Waals surface area contributed by atoms with E-state index in [9.17, 15) is 5.11 Å². The first-order valence-corrected chi connectivity index (χ1v) is 7.03. The van der Waals surface area contributed by atoms with Gasteiger partial charge < -0.3 is 5.11 Å². The van der Waals surface area contributed by atoms with Crippen molar-refractivity contribution < 1.29 is 5.11 Å². The quantitative estimate of drug-likeness (QED) is 0.804. The Labute approximate surface area is 117 Å². The van der Waals surface area contributed by atoms with Crippen molar-refractivity contribution in [2.45, 2.75) is 38.1 Å². The lowest BCUT2D eigenvalue weighted by molar-refractivity contribution is 0.0846. The molecule has 7 heteroatoms. The van der Waals surface area contributed by atoms with Crippen LogP contribution in [0.5, 0.6) is 0 Å². The minimum absolute atomic E-state index is 0.397. The smallest absolute Gasteiger partial charge is 0.137 e. The van der Waals surface area contributed by atoms with Crippen LogP contribution in [0.25, 0.3) is 0 Å². The van der Waals surface area contributed by atoms with Crippen LogP contribution in [0.3, 0.4) is 0 Å². The van der Waals surface area contributed by atoms with Gasteiger partial charge in [0.2, 0.25) is 0 Å². The zero-order chi connectivity index (χ0) is 13.8. The Morgan fingerprint density at radius 2 is 2.20 bits per heavy atom. The van der Waals surface area contributed by atoms with Gasteiger partial charge in [-0.1, -0.05) is 0 Å². The Kier molecular flexibility index (Phi) is 4.08. The molecule has 20 heavy (non-hydrogen) atoms. The van der Waals surface area contributed by atoms with E-state index in [1.54, 1.807) is 23.5 Å². The lowest BCUT2D eigenvalue weighted by atomic mass is 10.2. The molecule has 1 N–H and O–H groups in total. The predicted octanol–water partition coefficient (Wildman–Crippen LogP) is 0.0001000. The molecular weight excluding hydrogens is 256 g/mol. The van der Waals surface area contributed by atoms with Gasteiger partial charge in [0, 0.05) is 25.0 Å². The SMILES string of the molecule is OC(CN1CCCC1Cn1cncn1)Cn1cccn1. The van der Waals surface area contributed by atoms with Crippen LogP contribution in [0.15, 0.2) is 31.1 Å². The second-order valence-electron chi connectivity index (χ2n) is 5.29. The predicted molar refractivity (Wildman–Crippen MR) is 72.9 cm³/mol. The molecular formula is C13H20N6O. The number of β-amino-alcohol motifs (C(OH)–C–C–N with tert-alkyl or cyclic N) is 1. The van der Waals surface area contributed by atoms with Gasteiger partial charge in [0.15, 0.2) is 0 Å². The Bertz CT molecular complexity index is 497. The maximum absolute atomic E-state index is 10.2. The van der Waals surface area contributed by atoms with Crippen molar-refractivity contribution in [1.82, 2.24) is 29.4 Å². The monoisotopic (exact) mass is 276 g/mol. The molecule has 0 saturated carbocycles. The zero-order valence-electron chi connectivity index (χ0n) is 11.4. The van der Waals surface area contributed by atoms with Crippen molar-refractivity contribution in [2.24, 2.45) is 0 Å². The van der Waals surface area contributed by atoms with Crippen LogP contribution in [0.2, 0.25) is 0 Å². The van der Waals surface area contributed by atoms with E-state index in [0.717, 1.165) is 19.5 Å². The normalized spacial score (nSPS) is 21.4. The number of rotatable bonds is 6. The third-order valence-electron chi connectivity index (χ3n) is 3.77. The van der Waals surface area contributed by atoms with Crippen molar-refractivity contribution in [3.8, 4) is 0 Å². The first-order chi connectivity index (χ1) is 9.81. The Hall–Kier alpha value is -1.73. The molecule has 108 valence electrons. The molecule has 3 heterocycles. The number of aliphatic hydroxyl groups excluding tert-OH is 1. The van der Waals surface area contributed by atoms with Gasteiger partial charge in [0.05, 0.1) is 19.2 Å². The Balaban J connectivity index is 1.53. The highest BCUT2D eigenvalue weighted by Crippen LogP contribution is 2.19. The average Bonchev–Trinajstić information content (AvgIpc) is 3.14. The minimum atomic E-state index is -0.397. The van der Waals surface area contributed by atoms with Crippen molar-refractivity contribution in [1.29, 1.82) is 0 Å². The highest BCUT2D eigenvalue weighted by molar-refractivity contribution is 4.83. The lowest BCUT2D eigenvalue weighted by Crippen LogP contribution is -2.40. The summed E-state index contributed by atoms with van der Waals surface area (Å²) in [5, 5.41) is 18.5. The molecule has 2 aromatic heterocycles. The highest BCUT2D eigenvalue weighted by Gasteiger charge is 2.26. The van der Waals surface area contributed by atoms with Gasteiger partial charge in [-0.2, -0.15) is 10.2 Å². The van der Waals surface area contributed by atoms with Gasteiger partial charge >= 0.3 is 0 Å². The number of nitrogens with zero attached hydrogens (tertiary/aromatic N) is 6. The Morgan fingerprint density at radius 3 is 2.95 bits per heavy atom. The summed E-state index contributed by atoms with van der Waals surface area (Å²) >= 11 is 0. The van der Waals surface area contributed by atoms with Crippen molar-refractivity contribution >= 4 is 0 Å². The summed E-state index contributed by atoms with van der Waals surface area (Å²) in [7, 11) is 0. The number of aliphatic hydroxyl groups is 1. The molecule has 3 rings (SSSR count). The summed E-state index contributed by atoms with van der Waals surface area (Å²) in [5.74, 6) is 0. The van der Waals surface area contributed by atoms with Crippen LogP contribution in [0, 0.1) is 0 Å². The Morgan fingerprint density at radius 1 is 1.25 bits per heavy atom. The van der Waals surface area contributed by atoms with Gasteiger partial charge in [-0.25, -0.2) is 4.98 Å². The topological polar surface area (TPSA) is 72.0 Å². The number of aromatic nitrogens is 5. The van der Waals surface area contributed by atoms with E-state index in [4.69, 9.17) is 0 Å². The molecule has 1 aliphatic heterocycles. The van der Waals surface area contributed by atoms with Gasteiger partial charge in [-0.05, 0) is 25.5 Å². The van der Waals surface area contributed by atoms with Crippen molar-refractivity contribution in [3.05, 3.63) is 31.1 Å². The molecule has 2 aromatic rings. The number of hydrogen-bond acceptors (Lipinski definition) is 5.